The van der Waals surface area contributed by atoms with Crippen molar-refractivity contribution >= 4 is 5.69 Å². The second-order valence-corrected chi connectivity index (χ2v) is 8.19. The maximum atomic E-state index is 10.9. The van der Waals surface area contributed by atoms with Gasteiger partial charge in [0, 0.05) is 5.56 Å². The highest BCUT2D eigenvalue weighted by Gasteiger charge is 2.43. The maximum Gasteiger partial charge on any atom is 0.120 e. The molecule has 0 saturated heterocycles. The first kappa shape index (κ1) is 17.6. The number of anilines is 1. The van der Waals surface area contributed by atoms with Crippen LogP contribution in [0, 0.1) is 0 Å². The Morgan fingerprint density at radius 2 is 1.59 bits per heavy atom. The number of nitrogens with one attached hydrogen (secondary N) is 1. The van der Waals surface area contributed by atoms with Crippen molar-refractivity contribution in [3.8, 4) is 5.75 Å². The van der Waals surface area contributed by atoms with Crippen molar-refractivity contribution in [3.05, 3.63) is 95.1 Å². The summed E-state index contributed by atoms with van der Waals surface area (Å²) in [6.45, 7) is 6.96. The topological polar surface area (TPSA) is 41.5 Å². The van der Waals surface area contributed by atoms with E-state index >= 15 is 0 Å². The highest BCUT2D eigenvalue weighted by atomic mass is 16.6. The van der Waals surface area contributed by atoms with Gasteiger partial charge in [-0.3, -0.25) is 10.3 Å². The largest absolute Gasteiger partial charge is 0.508 e. The van der Waals surface area contributed by atoms with Crippen LogP contribution in [0.5, 0.6) is 5.75 Å². The van der Waals surface area contributed by atoms with Crippen molar-refractivity contribution in [3.63, 3.8) is 0 Å². The third-order valence-corrected chi connectivity index (χ3v) is 5.45. The molecule has 138 valence electrons. The predicted octanol–water partition coefficient (Wildman–Crippen LogP) is 5.38. The number of phenols is 1. The van der Waals surface area contributed by atoms with E-state index in [2.05, 4.69) is 50.5 Å². The van der Waals surface area contributed by atoms with Crippen molar-refractivity contribution in [1.29, 1.82) is 0 Å². The fourth-order valence-electron chi connectivity index (χ4n) is 3.93. The van der Waals surface area contributed by atoms with Crippen LogP contribution in [-0.2, 0) is 15.7 Å². The van der Waals surface area contributed by atoms with Gasteiger partial charge in [-0.05, 0) is 34.2 Å². The maximum absolute atomic E-state index is 10.9. The molecule has 0 spiro atoms. The van der Waals surface area contributed by atoms with E-state index in [1.807, 2.05) is 48.5 Å². The summed E-state index contributed by atoms with van der Waals surface area (Å²) in [6, 6.07) is 24.4. The first-order valence-corrected chi connectivity index (χ1v) is 9.30. The number of fused-ring (bicyclic) bond motifs is 1. The first-order valence-electron chi connectivity index (χ1n) is 9.30. The van der Waals surface area contributed by atoms with Gasteiger partial charge in [0.15, 0.2) is 0 Å². The smallest absolute Gasteiger partial charge is 0.120 e. The van der Waals surface area contributed by atoms with Gasteiger partial charge in [-0.15, -0.1) is 0 Å². The first-order chi connectivity index (χ1) is 12.9. The molecule has 2 N–H and O–H groups in total. The lowest BCUT2D eigenvalue weighted by Crippen LogP contribution is -2.40. The van der Waals surface area contributed by atoms with Crippen LogP contribution in [-0.4, -0.2) is 11.7 Å². The molecule has 0 saturated carbocycles. The second-order valence-electron chi connectivity index (χ2n) is 8.19. The van der Waals surface area contributed by atoms with E-state index in [4.69, 9.17) is 4.84 Å². The lowest BCUT2D eigenvalue weighted by Gasteiger charge is -2.40. The Hall–Kier alpha value is -2.78. The molecule has 3 aromatic carbocycles. The molecule has 1 aliphatic rings. The molecule has 1 aliphatic heterocycles. The van der Waals surface area contributed by atoms with Gasteiger partial charge in [0.05, 0.1) is 17.7 Å². The Bertz CT molecular complexity index is 960. The van der Waals surface area contributed by atoms with Gasteiger partial charge in [-0.1, -0.05) is 81.4 Å². The van der Waals surface area contributed by atoms with Crippen molar-refractivity contribution in [2.45, 2.75) is 31.6 Å². The van der Waals surface area contributed by atoms with Gasteiger partial charge in [-0.2, -0.15) is 0 Å². The zero-order valence-corrected chi connectivity index (χ0v) is 16.0. The molecule has 0 aliphatic carbocycles. The van der Waals surface area contributed by atoms with Crippen molar-refractivity contribution in [2.75, 3.05) is 12.1 Å². The summed E-state index contributed by atoms with van der Waals surface area (Å²) in [5.41, 5.74) is 7.61. The number of para-hydroxylation sites is 1. The van der Waals surface area contributed by atoms with Gasteiger partial charge >= 0.3 is 0 Å². The molecule has 0 bridgehead atoms. The second kappa shape index (κ2) is 6.43. The van der Waals surface area contributed by atoms with Crippen LogP contribution in [0.4, 0.5) is 5.69 Å². The van der Waals surface area contributed by atoms with E-state index < -0.39 is 5.41 Å². The molecule has 4 rings (SSSR count). The fraction of sp³-hybridized carbons (Fsp3) is 0.250. The number of phenolic OH excluding ortho intramolecular Hbond substituents is 1. The summed E-state index contributed by atoms with van der Waals surface area (Å²) in [6.07, 6.45) is 0. The Labute approximate surface area is 160 Å². The van der Waals surface area contributed by atoms with Crippen molar-refractivity contribution in [2.24, 2.45) is 0 Å². The van der Waals surface area contributed by atoms with Crippen LogP contribution in [0.15, 0.2) is 72.8 Å². The molecule has 1 unspecified atom stereocenters. The monoisotopic (exact) mass is 359 g/mol. The SMILES string of the molecule is CC(C)(C)c1ccc(O)c(C2(c3ccccc3)CONc3ccccc32)c1. The summed E-state index contributed by atoms with van der Waals surface area (Å²) in [5, 5.41) is 10.9. The highest BCUT2D eigenvalue weighted by molar-refractivity contribution is 5.66. The number of aromatic hydroxyl groups is 1. The Kier molecular flexibility index (Phi) is 4.20. The lowest BCUT2D eigenvalue weighted by molar-refractivity contribution is 0.145. The molecule has 3 nitrogen and oxygen atoms in total. The van der Waals surface area contributed by atoms with Crippen LogP contribution in [0.2, 0.25) is 0 Å². The van der Waals surface area contributed by atoms with E-state index in [1.165, 1.54) is 5.56 Å². The van der Waals surface area contributed by atoms with Crippen LogP contribution < -0.4 is 5.48 Å². The highest BCUT2D eigenvalue weighted by Crippen LogP contribution is 2.48. The summed E-state index contributed by atoms with van der Waals surface area (Å²) >= 11 is 0. The van der Waals surface area contributed by atoms with Gasteiger partial charge < -0.3 is 5.11 Å². The number of benzene rings is 3. The quantitative estimate of drug-likeness (QED) is 0.645. The molecule has 3 heteroatoms. The van der Waals surface area contributed by atoms with E-state index in [1.54, 1.807) is 0 Å². The summed E-state index contributed by atoms with van der Waals surface area (Å²) in [4.78, 5) is 5.84. The van der Waals surface area contributed by atoms with Gasteiger partial charge in [0.2, 0.25) is 0 Å². The molecule has 0 fully saturated rings. The molecule has 1 heterocycles. The summed E-state index contributed by atoms with van der Waals surface area (Å²) in [7, 11) is 0. The minimum absolute atomic E-state index is 0.0202. The average molecular weight is 359 g/mol. The molecular formula is C24H25NO2. The van der Waals surface area contributed by atoms with E-state index in [-0.39, 0.29) is 11.2 Å². The van der Waals surface area contributed by atoms with Crippen LogP contribution in [0.3, 0.4) is 0 Å². The van der Waals surface area contributed by atoms with Gasteiger partial charge in [-0.25, -0.2) is 0 Å². The fourth-order valence-corrected chi connectivity index (χ4v) is 3.93. The number of hydrogen-bond donors (Lipinski definition) is 2. The predicted molar refractivity (Wildman–Crippen MR) is 109 cm³/mol. The van der Waals surface area contributed by atoms with Crippen LogP contribution in [0.1, 0.15) is 43.0 Å². The zero-order valence-electron chi connectivity index (χ0n) is 16.0. The van der Waals surface area contributed by atoms with Crippen molar-refractivity contribution in [1.82, 2.24) is 0 Å². The molecule has 0 amide bonds. The minimum atomic E-state index is -0.589. The summed E-state index contributed by atoms with van der Waals surface area (Å²) < 4.78 is 0. The van der Waals surface area contributed by atoms with E-state index in [0.29, 0.717) is 6.61 Å². The molecule has 27 heavy (non-hydrogen) atoms. The number of hydrogen-bond acceptors (Lipinski definition) is 3. The molecule has 0 aromatic heterocycles. The molecule has 1 atom stereocenters. The van der Waals surface area contributed by atoms with E-state index in [0.717, 1.165) is 22.4 Å². The van der Waals surface area contributed by atoms with Crippen LogP contribution >= 0.6 is 0 Å². The standard InChI is InChI=1S/C24H25NO2/c1-23(2,3)18-13-14-22(26)20(15-18)24(17-9-5-4-6-10-17)16-27-25-21-12-8-7-11-19(21)24/h4-15,25-26H,16H2,1-3H3. The zero-order chi connectivity index (χ0) is 19.1. The molecule has 0 radical (unpaired) electrons. The summed E-state index contributed by atoms with van der Waals surface area (Å²) in [5.74, 6) is 0.284. The lowest BCUT2D eigenvalue weighted by atomic mass is 9.67. The normalized spacial score (nSPS) is 19.2. The van der Waals surface area contributed by atoms with Gasteiger partial charge in [0.25, 0.3) is 0 Å². The Morgan fingerprint density at radius 1 is 0.889 bits per heavy atom. The van der Waals surface area contributed by atoms with E-state index in [9.17, 15) is 5.11 Å². The Morgan fingerprint density at radius 3 is 2.33 bits per heavy atom. The minimum Gasteiger partial charge on any atom is -0.508 e. The molecule has 3 aromatic rings. The Balaban J connectivity index is 2.06. The third-order valence-electron chi connectivity index (χ3n) is 5.45. The van der Waals surface area contributed by atoms with Crippen LogP contribution in [0.25, 0.3) is 0 Å². The molecular weight excluding hydrogens is 334 g/mol. The third kappa shape index (κ3) is 2.88. The average Bonchev–Trinajstić information content (AvgIpc) is 2.68. The van der Waals surface area contributed by atoms with Gasteiger partial charge in [0.1, 0.15) is 5.75 Å². The number of rotatable bonds is 2. The van der Waals surface area contributed by atoms with Crippen molar-refractivity contribution < 1.29 is 9.94 Å².